The number of rotatable bonds is 3. The topological polar surface area (TPSA) is 51.0 Å². The number of nitrogens with one attached hydrogen (secondary N) is 1. The number of aryl methyl sites for hydroxylation is 1. The predicted octanol–water partition coefficient (Wildman–Crippen LogP) is 0.754. The van der Waals surface area contributed by atoms with Gasteiger partial charge >= 0.3 is 0 Å². The van der Waals surface area contributed by atoms with Gasteiger partial charge in [-0.05, 0) is 25.8 Å². The van der Waals surface area contributed by atoms with E-state index in [2.05, 4.69) is 15.5 Å². The first-order chi connectivity index (χ1) is 5.95. The highest BCUT2D eigenvalue weighted by molar-refractivity contribution is 4.81. The maximum atomic E-state index is 4.90. The van der Waals surface area contributed by atoms with Gasteiger partial charge in [-0.15, -0.1) is 0 Å². The molecule has 4 heteroatoms. The lowest BCUT2D eigenvalue weighted by molar-refractivity contribution is 0.367. The van der Waals surface area contributed by atoms with Gasteiger partial charge in [-0.1, -0.05) is 5.16 Å². The summed E-state index contributed by atoms with van der Waals surface area (Å²) in [4.78, 5) is 3.97. The Bertz CT molecular complexity index is 216. The lowest BCUT2D eigenvalue weighted by Crippen LogP contribution is -2.21. The van der Waals surface area contributed by atoms with Crippen LogP contribution in [-0.2, 0) is 6.42 Å². The molecule has 0 bridgehead atoms. The molecule has 0 aliphatic carbocycles. The Hall–Kier alpha value is -0.900. The van der Waals surface area contributed by atoms with E-state index in [9.17, 15) is 0 Å². The van der Waals surface area contributed by atoms with Crippen LogP contribution in [0.1, 0.15) is 25.2 Å². The van der Waals surface area contributed by atoms with E-state index in [1.807, 2.05) is 0 Å². The molecule has 1 atom stereocenters. The molecule has 0 spiro atoms. The zero-order valence-corrected chi connectivity index (χ0v) is 6.99. The molecule has 4 nitrogen and oxygen atoms in total. The van der Waals surface area contributed by atoms with E-state index in [1.165, 1.54) is 19.2 Å². The molecule has 1 fully saturated rings. The van der Waals surface area contributed by atoms with Crippen LogP contribution in [0.5, 0.6) is 0 Å². The molecule has 1 aliphatic rings. The maximum Gasteiger partial charge on any atom is 0.226 e. The van der Waals surface area contributed by atoms with E-state index in [-0.39, 0.29) is 0 Å². The first kappa shape index (κ1) is 7.73. The quantitative estimate of drug-likeness (QED) is 0.722. The van der Waals surface area contributed by atoms with Crippen molar-refractivity contribution >= 4 is 0 Å². The standard InChI is InChI=1S/C8H13N3O/c1-2-7(9-5-1)3-4-8-10-6-11-12-8/h6-7,9H,1-5H2. The normalized spacial score (nSPS) is 23.2. The summed E-state index contributed by atoms with van der Waals surface area (Å²) in [5, 5.41) is 6.99. The van der Waals surface area contributed by atoms with Crippen LogP contribution in [0.4, 0.5) is 0 Å². The molecule has 1 aromatic rings. The van der Waals surface area contributed by atoms with Gasteiger partial charge in [-0.3, -0.25) is 0 Å². The van der Waals surface area contributed by atoms with Gasteiger partial charge in [0.15, 0.2) is 6.33 Å². The van der Waals surface area contributed by atoms with Crippen molar-refractivity contribution in [2.45, 2.75) is 31.7 Å². The molecule has 0 saturated carbocycles. The summed E-state index contributed by atoms with van der Waals surface area (Å²) in [5.74, 6) is 0.753. The second-order valence-electron chi connectivity index (χ2n) is 3.17. The summed E-state index contributed by atoms with van der Waals surface area (Å²) in [6, 6.07) is 0.664. The van der Waals surface area contributed by atoms with Crippen LogP contribution in [0.25, 0.3) is 0 Å². The number of nitrogens with zero attached hydrogens (tertiary/aromatic N) is 2. The smallest absolute Gasteiger partial charge is 0.226 e. The molecule has 1 aromatic heterocycles. The van der Waals surface area contributed by atoms with Gasteiger partial charge in [0.2, 0.25) is 5.89 Å². The molecule has 1 saturated heterocycles. The van der Waals surface area contributed by atoms with Crippen LogP contribution in [0.3, 0.4) is 0 Å². The van der Waals surface area contributed by atoms with Crippen molar-refractivity contribution in [3.05, 3.63) is 12.2 Å². The summed E-state index contributed by atoms with van der Waals surface area (Å²) in [6.45, 7) is 1.16. The minimum Gasteiger partial charge on any atom is -0.340 e. The summed E-state index contributed by atoms with van der Waals surface area (Å²) in [6.07, 6.45) is 6.06. The molecule has 2 rings (SSSR count). The average Bonchev–Trinajstić information content (AvgIpc) is 2.74. The first-order valence-electron chi connectivity index (χ1n) is 4.44. The minimum absolute atomic E-state index is 0.664. The number of hydrogen-bond acceptors (Lipinski definition) is 4. The van der Waals surface area contributed by atoms with E-state index < -0.39 is 0 Å². The molecular weight excluding hydrogens is 154 g/mol. The molecule has 1 N–H and O–H groups in total. The van der Waals surface area contributed by atoms with Crippen molar-refractivity contribution < 1.29 is 4.52 Å². The third-order valence-corrected chi connectivity index (χ3v) is 2.28. The van der Waals surface area contributed by atoms with Crippen molar-refractivity contribution in [2.24, 2.45) is 0 Å². The van der Waals surface area contributed by atoms with Crippen molar-refractivity contribution in [3.8, 4) is 0 Å². The first-order valence-corrected chi connectivity index (χ1v) is 4.44. The molecule has 1 unspecified atom stereocenters. The summed E-state index contributed by atoms with van der Waals surface area (Å²) >= 11 is 0. The van der Waals surface area contributed by atoms with E-state index in [4.69, 9.17) is 4.52 Å². The van der Waals surface area contributed by atoms with Crippen LogP contribution in [0, 0.1) is 0 Å². The Morgan fingerprint density at radius 2 is 2.67 bits per heavy atom. The second-order valence-corrected chi connectivity index (χ2v) is 3.17. The summed E-state index contributed by atoms with van der Waals surface area (Å²) < 4.78 is 4.90. The van der Waals surface area contributed by atoms with Gasteiger partial charge in [0.05, 0.1) is 0 Å². The lowest BCUT2D eigenvalue weighted by Gasteiger charge is -2.06. The highest BCUT2D eigenvalue weighted by atomic mass is 16.5. The van der Waals surface area contributed by atoms with Gasteiger partial charge < -0.3 is 9.84 Å². The van der Waals surface area contributed by atoms with Gasteiger partial charge in [-0.2, -0.15) is 4.98 Å². The highest BCUT2D eigenvalue weighted by Crippen LogP contribution is 2.10. The van der Waals surface area contributed by atoms with Gasteiger partial charge in [0.1, 0.15) is 0 Å². The molecule has 0 radical (unpaired) electrons. The van der Waals surface area contributed by atoms with Crippen LogP contribution >= 0.6 is 0 Å². The Morgan fingerprint density at radius 3 is 3.33 bits per heavy atom. The largest absolute Gasteiger partial charge is 0.340 e. The Labute approximate surface area is 71.4 Å². The van der Waals surface area contributed by atoms with Gasteiger partial charge in [-0.25, -0.2) is 0 Å². The molecule has 0 aromatic carbocycles. The van der Waals surface area contributed by atoms with Crippen molar-refractivity contribution in [2.75, 3.05) is 6.54 Å². The highest BCUT2D eigenvalue weighted by Gasteiger charge is 2.14. The van der Waals surface area contributed by atoms with Crippen LogP contribution in [0.15, 0.2) is 10.9 Å². The Balaban J connectivity index is 1.74. The maximum absolute atomic E-state index is 4.90. The van der Waals surface area contributed by atoms with E-state index in [1.54, 1.807) is 0 Å². The fourth-order valence-corrected chi connectivity index (χ4v) is 1.61. The van der Waals surface area contributed by atoms with Crippen LogP contribution < -0.4 is 5.32 Å². The summed E-state index contributed by atoms with van der Waals surface area (Å²) in [7, 11) is 0. The summed E-state index contributed by atoms with van der Waals surface area (Å²) in [5.41, 5.74) is 0. The zero-order valence-electron chi connectivity index (χ0n) is 6.99. The Morgan fingerprint density at radius 1 is 1.67 bits per heavy atom. The molecule has 66 valence electrons. The zero-order chi connectivity index (χ0) is 8.23. The predicted molar refractivity (Wildman–Crippen MR) is 43.6 cm³/mol. The third-order valence-electron chi connectivity index (χ3n) is 2.28. The molecule has 1 aliphatic heterocycles. The fraction of sp³-hybridized carbons (Fsp3) is 0.750. The molecule has 0 amide bonds. The van der Waals surface area contributed by atoms with Crippen LogP contribution in [0.2, 0.25) is 0 Å². The number of hydrogen-bond donors (Lipinski definition) is 1. The third kappa shape index (κ3) is 1.82. The minimum atomic E-state index is 0.664. The SMILES string of the molecule is c1noc(CCC2CCCN2)n1. The molecule has 12 heavy (non-hydrogen) atoms. The molecular formula is C8H13N3O. The van der Waals surface area contributed by atoms with E-state index in [0.29, 0.717) is 6.04 Å². The lowest BCUT2D eigenvalue weighted by atomic mass is 10.1. The van der Waals surface area contributed by atoms with E-state index >= 15 is 0 Å². The molecule has 2 heterocycles. The van der Waals surface area contributed by atoms with Gasteiger partial charge in [0, 0.05) is 12.5 Å². The Kier molecular flexibility index (Phi) is 2.36. The van der Waals surface area contributed by atoms with Crippen molar-refractivity contribution in [1.82, 2.24) is 15.5 Å². The van der Waals surface area contributed by atoms with Crippen molar-refractivity contribution in [3.63, 3.8) is 0 Å². The average molecular weight is 167 g/mol. The van der Waals surface area contributed by atoms with Gasteiger partial charge in [0.25, 0.3) is 0 Å². The van der Waals surface area contributed by atoms with Crippen LogP contribution in [-0.4, -0.2) is 22.7 Å². The van der Waals surface area contributed by atoms with E-state index in [0.717, 1.165) is 25.3 Å². The monoisotopic (exact) mass is 167 g/mol. The van der Waals surface area contributed by atoms with Crippen molar-refractivity contribution in [1.29, 1.82) is 0 Å². The fourth-order valence-electron chi connectivity index (χ4n) is 1.61. The second kappa shape index (κ2) is 3.67. The number of aromatic nitrogens is 2.